The molecule has 0 spiro atoms. The zero-order chi connectivity index (χ0) is 17.9. The molecule has 4 nitrogen and oxygen atoms in total. The molecule has 0 aliphatic heterocycles. The van der Waals surface area contributed by atoms with Crippen LogP contribution in [0.15, 0.2) is 77.9 Å². The van der Waals surface area contributed by atoms with Crippen molar-refractivity contribution in [2.24, 2.45) is 0 Å². The van der Waals surface area contributed by atoms with E-state index in [1.54, 1.807) is 24.5 Å². The molecule has 26 heavy (non-hydrogen) atoms. The highest BCUT2D eigenvalue weighted by molar-refractivity contribution is 6.31. The molecule has 0 bridgehead atoms. The number of pyridine rings is 2. The normalized spacial score (nSPS) is 10.8. The van der Waals surface area contributed by atoms with E-state index in [2.05, 4.69) is 9.97 Å². The summed E-state index contributed by atoms with van der Waals surface area (Å²) in [5, 5.41) is 1.36. The lowest BCUT2D eigenvalue weighted by molar-refractivity contribution is 0.310. The highest BCUT2D eigenvalue weighted by atomic mass is 35.5. The number of benzene rings is 2. The Balaban J connectivity index is 1.90. The Morgan fingerprint density at radius 1 is 1.04 bits per heavy atom. The standard InChI is InChI=1S/C21H15ClN2O2/c22-16-8-9-17-18(11-16)24-21(25)19(15-6-2-1-3-7-15)20(17)26-13-14-5-4-10-23-12-14/h1-12H,13H2,(H,24,25). The van der Waals surface area contributed by atoms with Crippen LogP contribution in [0.3, 0.4) is 0 Å². The monoisotopic (exact) mass is 362 g/mol. The van der Waals surface area contributed by atoms with Gasteiger partial charge >= 0.3 is 0 Å². The van der Waals surface area contributed by atoms with Gasteiger partial charge in [0.25, 0.3) is 5.56 Å². The number of nitrogens with one attached hydrogen (secondary N) is 1. The fourth-order valence-corrected chi connectivity index (χ4v) is 3.07. The van der Waals surface area contributed by atoms with Crippen molar-refractivity contribution in [2.45, 2.75) is 6.61 Å². The molecule has 5 heteroatoms. The van der Waals surface area contributed by atoms with Gasteiger partial charge in [-0.05, 0) is 29.8 Å². The second-order valence-electron chi connectivity index (χ2n) is 5.86. The summed E-state index contributed by atoms with van der Waals surface area (Å²) in [5.74, 6) is 0.537. The molecular formula is C21H15ClN2O2. The average molecular weight is 363 g/mol. The van der Waals surface area contributed by atoms with Gasteiger partial charge in [-0.25, -0.2) is 0 Å². The summed E-state index contributed by atoms with van der Waals surface area (Å²) in [5.41, 5.74) is 2.65. The molecule has 0 fully saturated rings. The number of H-pyrrole nitrogens is 1. The maximum absolute atomic E-state index is 12.8. The summed E-state index contributed by atoms with van der Waals surface area (Å²) in [6, 6.07) is 18.6. The Morgan fingerprint density at radius 2 is 1.88 bits per heavy atom. The Hall–Kier alpha value is -3.11. The maximum atomic E-state index is 12.8. The topological polar surface area (TPSA) is 55.0 Å². The Bertz CT molecular complexity index is 1110. The van der Waals surface area contributed by atoms with Crippen LogP contribution in [0, 0.1) is 0 Å². The number of halogens is 1. The molecule has 0 aliphatic rings. The Kier molecular flexibility index (Phi) is 4.42. The smallest absolute Gasteiger partial charge is 0.260 e. The van der Waals surface area contributed by atoms with Crippen molar-refractivity contribution >= 4 is 22.5 Å². The second kappa shape index (κ2) is 7.02. The largest absolute Gasteiger partial charge is 0.487 e. The first-order valence-electron chi connectivity index (χ1n) is 8.15. The van der Waals surface area contributed by atoms with Crippen molar-refractivity contribution < 1.29 is 4.74 Å². The SMILES string of the molecule is O=c1[nH]c2cc(Cl)ccc2c(OCc2cccnc2)c1-c1ccccc1. The third-order valence-corrected chi connectivity index (χ3v) is 4.33. The Labute approximate surface area is 155 Å². The Morgan fingerprint density at radius 3 is 2.65 bits per heavy atom. The van der Waals surface area contributed by atoms with E-state index in [4.69, 9.17) is 16.3 Å². The van der Waals surface area contributed by atoms with Gasteiger partial charge in [-0.15, -0.1) is 0 Å². The quantitative estimate of drug-likeness (QED) is 0.566. The average Bonchev–Trinajstić information content (AvgIpc) is 2.67. The summed E-state index contributed by atoms with van der Waals surface area (Å²) in [7, 11) is 0. The summed E-state index contributed by atoms with van der Waals surface area (Å²) in [6.45, 7) is 0.314. The van der Waals surface area contributed by atoms with E-state index in [1.807, 2.05) is 48.5 Å². The van der Waals surface area contributed by atoms with Gasteiger partial charge in [-0.1, -0.05) is 48.0 Å². The highest BCUT2D eigenvalue weighted by Crippen LogP contribution is 2.34. The van der Waals surface area contributed by atoms with Crippen LogP contribution in [0.2, 0.25) is 5.02 Å². The van der Waals surface area contributed by atoms with Gasteiger partial charge in [0.05, 0.1) is 11.1 Å². The lowest BCUT2D eigenvalue weighted by atomic mass is 10.0. The molecule has 2 aromatic heterocycles. The fraction of sp³-hybridized carbons (Fsp3) is 0.0476. The van der Waals surface area contributed by atoms with Crippen LogP contribution in [0.1, 0.15) is 5.56 Å². The molecule has 4 aromatic rings. The first-order chi connectivity index (χ1) is 12.7. The van der Waals surface area contributed by atoms with E-state index >= 15 is 0 Å². The minimum absolute atomic E-state index is 0.216. The molecule has 4 rings (SSSR count). The fourth-order valence-electron chi connectivity index (χ4n) is 2.90. The second-order valence-corrected chi connectivity index (χ2v) is 6.30. The van der Waals surface area contributed by atoms with Gasteiger partial charge in [0.1, 0.15) is 12.4 Å². The minimum Gasteiger partial charge on any atom is -0.487 e. The molecule has 0 amide bonds. The number of aromatic nitrogens is 2. The molecule has 0 saturated carbocycles. The van der Waals surface area contributed by atoms with Gasteiger partial charge in [0.2, 0.25) is 0 Å². The zero-order valence-electron chi connectivity index (χ0n) is 13.8. The van der Waals surface area contributed by atoms with Gasteiger partial charge < -0.3 is 9.72 Å². The summed E-state index contributed by atoms with van der Waals surface area (Å²) >= 11 is 6.08. The van der Waals surface area contributed by atoms with E-state index in [0.717, 1.165) is 16.5 Å². The first-order valence-corrected chi connectivity index (χ1v) is 8.53. The van der Waals surface area contributed by atoms with Crippen LogP contribution in [0.25, 0.3) is 22.0 Å². The minimum atomic E-state index is -0.216. The van der Waals surface area contributed by atoms with E-state index in [-0.39, 0.29) is 5.56 Å². The van der Waals surface area contributed by atoms with Crippen molar-refractivity contribution in [1.29, 1.82) is 0 Å². The summed E-state index contributed by atoms with van der Waals surface area (Å²) in [6.07, 6.45) is 3.46. The van der Waals surface area contributed by atoms with Crippen LogP contribution >= 0.6 is 11.6 Å². The van der Waals surface area contributed by atoms with Crippen LogP contribution in [-0.2, 0) is 6.61 Å². The van der Waals surface area contributed by atoms with Crippen LogP contribution < -0.4 is 10.3 Å². The first kappa shape index (κ1) is 16.4. The molecule has 0 aliphatic carbocycles. The number of rotatable bonds is 4. The number of aromatic amines is 1. The summed E-state index contributed by atoms with van der Waals surface area (Å²) < 4.78 is 6.11. The molecule has 0 radical (unpaired) electrons. The molecule has 2 heterocycles. The van der Waals surface area contributed by atoms with Crippen molar-refractivity contribution in [3.05, 3.63) is 94.0 Å². The number of hydrogen-bond acceptors (Lipinski definition) is 3. The van der Waals surface area contributed by atoms with Gasteiger partial charge in [-0.3, -0.25) is 9.78 Å². The predicted octanol–water partition coefficient (Wildman–Crippen LogP) is 4.82. The van der Waals surface area contributed by atoms with E-state index in [1.165, 1.54) is 0 Å². The van der Waals surface area contributed by atoms with E-state index < -0.39 is 0 Å². The van der Waals surface area contributed by atoms with Crippen molar-refractivity contribution in [3.63, 3.8) is 0 Å². The zero-order valence-corrected chi connectivity index (χ0v) is 14.5. The van der Waals surface area contributed by atoms with Crippen molar-refractivity contribution in [1.82, 2.24) is 9.97 Å². The number of hydrogen-bond donors (Lipinski definition) is 1. The van der Waals surface area contributed by atoms with Crippen molar-refractivity contribution in [2.75, 3.05) is 0 Å². The molecule has 0 saturated heterocycles. The predicted molar refractivity (Wildman–Crippen MR) is 104 cm³/mol. The van der Waals surface area contributed by atoms with Gasteiger partial charge in [0.15, 0.2) is 0 Å². The van der Waals surface area contributed by atoms with Crippen LogP contribution in [0.5, 0.6) is 5.75 Å². The summed E-state index contributed by atoms with van der Waals surface area (Å²) in [4.78, 5) is 19.8. The van der Waals surface area contributed by atoms with Crippen molar-refractivity contribution in [3.8, 4) is 16.9 Å². The number of ether oxygens (including phenoxy) is 1. The third-order valence-electron chi connectivity index (χ3n) is 4.10. The number of fused-ring (bicyclic) bond motifs is 1. The van der Waals surface area contributed by atoms with E-state index in [0.29, 0.717) is 28.5 Å². The van der Waals surface area contributed by atoms with Crippen LogP contribution in [-0.4, -0.2) is 9.97 Å². The molecule has 0 unspecified atom stereocenters. The molecule has 128 valence electrons. The lowest BCUT2D eigenvalue weighted by Crippen LogP contribution is -2.12. The number of nitrogens with zero attached hydrogens (tertiary/aromatic N) is 1. The molecule has 2 aromatic carbocycles. The van der Waals surface area contributed by atoms with Gasteiger partial charge in [-0.2, -0.15) is 0 Å². The maximum Gasteiger partial charge on any atom is 0.260 e. The van der Waals surface area contributed by atoms with Gasteiger partial charge in [0, 0.05) is 28.4 Å². The molecular weight excluding hydrogens is 348 g/mol. The highest BCUT2D eigenvalue weighted by Gasteiger charge is 2.16. The molecule has 0 atom stereocenters. The lowest BCUT2D eigenvalue weighted by Gasteiger charge is -2.14. The van der Waals surface area contributed by atoms with E-state index in [9.17, 15) is 4.79 Å². The van der Waals surface area contributed by atoms with Crippen LogP contribution in [0.4, 0.5) is 0 Å². The molecule has 1 N–H and O–H groups in total. The third kappa shape index (κ3) is 3.19.